The van der Waals surface area contributed by atoms with Crippen LogP contribution in [0.3, 0.4) is 0 Å². The fraction of sp³-hybridized carbons (Fsp3) is 0.375. The van der Waals surface area contributed by atoms with Gasteiger partial charge < -0.3 is 5.32 Å². The van der Waals surface area contributed by atoms with Gasteiger partial charge in [-0.25, -0.2) is 19.3 Å². The molecule has 3 rings (SSSR count). The summed E-state index contributed by atoms with van der Waals surface area (Å²) in [5, 5.41) is 12.0. The average molecular weight is 312 g/mol. The Morgan fingerprint density at radius 2 is 2.13 bits per heavy atom. The molecule has 0 bridgehead atoms. The molecular weight excluding hydrogens is 295 g/mol. The lowest BCUT2D eigenvalue weighted by Gasteiger charge is -2.24. The van der Waals surface area contributed by atoms with Gasteiger partial charge in [-0.05, 0) is 18.6 Å². The first kappa shape index (κ1) is 15.3. The fourth-order valence-corrected chi connectivity index (χ4v) is 2.76. The number of hydrogen-bond acceptors (Lipinski definition) is 6. The number of nitrogens with one attached hydrogen (secondary N) is 1. The zero-order valence-electron chi connectivity index (χ0n) is 12.6. The molecule has 0 unspecified atom stereocenters. The van der Waals surface area contributed by atoms with E-state index in [9.17, 15) is 4.39 Å². The fourth-order valence-electron chi connectivity index (χ4n) is 2.76. The van der Waals surface area contributed by atoms with Crippen LogP contribution in [0.1, 0.15) is 17.5 Å². The minimum atomic E-state index is -0.819. The summed E-state index contributed by atoms with van der Waals surface area (Å²) in [6, 6.07) is 5.59. The van der Waals surface area contributed by atoms with E-state index in [4.69, 9.17) is 5.26 Å². The van der Waals surface area contributed by atoms with E-state index in [1.54, 1.807) is 24.5 Å². The third-order valence-electron chi connectivity index (χ3n) is 3.89. The topological polar surface area (TPSA) is 77.7 Å². The van der Waals surface area contributed by atoms with Crippen LogP contribution in [0, 0.1) is 11.3 Å². The zero-order chi connectivity index (χ0) is 16.1. The quantitative estimate of drug-likeness (QED) is 0.906. The van der Waals surface area contributed by atoms with Crippen molar-refractivity contribution in [2.45, 2.75) is 25.2 Å². The molecule has 0 saturated carbocycles. The number of pyridine rings is 1. The van der Waals surface area contributed by atoms with Crippen molar-refractivity contribution in [3.8, 4) is 6.07 Å². The lowest BCUT2D eigenvalue weighted by Crippen LogP contribution is -2.34. The highest BCUT2D eigenvalue weighted by Crippen LogP contribution is 2.22. The van der Waals surface area contributed by atoms with Gasteiger partial charge in [0, 0.05) is 49.8 Å². The number of hydrogen-bond donors (Lipinski definition) is 1. The molecule has 0 amide bonds. The van der Waals surface area contributed by atoms with Crippen molar-refractivity contribution < 1.29 is 4.39 Å². The van der Waals surface area contributed by atoms with Crippen LogP contribution in [-0.4, -0.2) is 45.2 Å². The molecule has 2 aromatic rings. The highest BCUT2D eigenvalue weighted by molar-refractivity contribution is 5.39. The Bertz CT molecular complexity index is 669. The van der Waals surface area contributed by atoms with Gasteiger partial charge in [0.2, 0.25) is 0 Å². The molecule has 7 heteroatoms. The van der Waals surface area contributed by atoms with E-state index < -0.39 is 6.17 Å². The number of likely N-dealkylation sites (tertiary alicyclic amines) is 1. The van der Waals surface area contributed by atoms with Crippen molar-refractivity contribution in [3.63, 3.8) is 0 Å². The van der Waals surface area contributed by atoms with Crippen LogP contribution in [-0.2, 0) is 6.54 Å². The van der Waals surface area contributed by atoms with Crippen LogP contribution in [0.4, 0.5) is 10.2 Å². The summed E-state index contributed by atoms with van der Waals surface area (Å²) in [5.41, 5.74) is 1.49. The minimum Gasteiger partial charge on any atom is -0.369 e. The van der Waals surface area contributed by atoms with Gasteiger partial charge in [0.05, 0.1) is 5.56 Å². The largest absolute Gasteiger partial charge is 0.369 e. The Labute approximate surface area is 134 Å². The SMILES string of the molecule is N#Cc1ccc(NC[C@@H]2C[C@H](F)CN2Cc2cncnc2)nc1. The summed E-state index contributed by atoms with van der Waals surface area (Å²) in [7, 11) is 0. The molecule has 0 aromatic carbocycles. The highest BCUT2D eigenvalue weighted by Gasteiger charge is 2.31. The first-order valence-corrected chi connectivity index (χ1v) is 7.46. The maximum atomic E-state index is 13.8. The molecule has 1 N–H and O–H groups in total. The summed E-state index contributed by atoms with van der Waals surface area (Å²) < 4.78 is 13.8. The summed E-state index contributed by atoms with van der Waals surface area (Å²) in [6.45, 7) is 1.66. The maximum Gasteiger partial charge on any atom is 0.126 e. The van der Waals surface area contributed by atoms with E-state index in [1.165, 1.54) is 12.5 Å². The van der Waals surface area contributed by atoms with Crippen LogP contribution >= 0.6 is 0 Å². The van der Waals surface area contributed by atoms with Gasteiger partial charge >= 0.3 is 0 Å². The molecule has 1 aliphatic heterocycles. The molecule has 3 heterocycles. The van der Waals surface area contributed by atoms with Gasteiger partial charge in [0.15, 0.2) is 0 Å². The molecule has 0 aliphatic carbocycles. The van der Waals surface area contributed by atoms with Gasteiger partial charge in [-0.1, -0.05) is 0 Å². The highest BCUT2D eigenvalue weighted by atomic mass is 19.1. The lowest BCUT2D eigenvalue weighted by atomic mass is 10.2. The van der Waals surface area contributed by atoms with Gasteiger partial charge in [-0.2, -0.15) is 5.26 Å². The molecule has 0 radical (unpaired) electrons. The Balaban J connectivity index is 1.59. The van der Waals surface area contributed by atoms with E-state index in [1.807, 2.05) is 6.07 Å². The third-order valence-corrected chi connectivity index (χ3v) is 3.89. The maximum absolute atomic E-state index is 13.8. The van der Waals surface area contributed by atoms with Gasteiger partial charge in [0.25, 0.3) is 0 Å². The molecule has 23 heavy (non-hydrogen) atoms. The first-order valence-electron chi connectivity index (χ1n) is 7.46. The summed E-state index contributed by atoms with van der Waals surface area (Å²) in [6.07, 6.45) is 6.20. The molecule has 2 aromatic heterocycles. The second kappa shape index (κ2) is 7.11. The summed E-state index contributed by atoms with van der Waals surface area (Å²) >= 11 is 0. The molecule has 6 nitrogen and oxygen atoms in total. The first-order chi connectivity index (χ1) is 11.2. The molecule has 118 valence electrons. The normalized spacial score (nSPS) is 21.0. The Hall–Kier alpha value is -2.59. The van der Waals surface area contributed by atoms with Crippen molar-refractivity contribution in [1.29, 1.82) is 5.26 Å². The Kier molecular flexibility index (Phi) is 4.74. The second-order valence-corrected chi connectivity index (χ2v) is 5.59. The van der Waals surface area contributed by atoms with E-state index in [0.29, 0.717) is 37.4 Å². The predicted octanol–water partition coefficient (Wildman–Crippen LogP) is 1.77. The summed E-state index contributed by atoms with van der Waals surface area (Å²) in [4.78, 5) is 14.3. The number of nitrogens with zero attached hydrogens (tertiary/aromatic N) is 5. The van der Waals surface area contributed by atoms with Crippen molar-refractivity contribution in [3.05, 3.63) is 48.2 Å². The second-order valence-electron chi connectivity index (χ2n) is 5.59. The number of halogens is 1. The molecular formula is C16H17FN6. The molecule has 1 saturated heterocycles. The monoisotopic (exact) mass is 312 g/mol. The van der Waals surface area contributed by atoms with Gasteiger partial charge in [-0.15, -0.1) is 0 Å². The van der Waals surface area contributed by atoms with Crippen LogP contribution in [0.5, 0.6) is 0 Å². The average Bonchev–Trinajstić information content (AvgIpc) is 2.94. The van der Waals surface area contributed by atoms with Crippen LogP contribution in [0.25, 0.3) is 0 Å². The number of alkyl halides is 1. The standard InChI is InChI=1S/C16H17FN6/c17-14-3-15(8-22-16-2-1-12(4-18)7-21-16)23(10-14)9-13-5-19-11-20-6-13/h1-2,5-7,11,14-15H,3,8-10H2,(H,21,22)/t14-,15-/m0/s1. The van der Waals surface area contributed by atoms with E-state index in [-0.39, 0.29) is 6.04 Å². The van der Waals surface area contributed by atoms with E-state index in [0.717, 1.165) is 5.56 Å². The van der Waals surface area contributed by atoms with Crippen molar-refractivity contribution in [2.24, 2.45) is 0 Å². The van der Waals surface area contributed by atoms with Crippen LogP contribution in [0.2, 0.25) is 0 Å². The molecule has 0 spiro atoms. The smallest absolute Gasteiger partial charge is 0.126 e. The number of rotatable bonds is 5. The minimum absolute atomic E-state index is 0.0858. The molecule has 2 atom stereocenters. The van der Waals surface area contributed by atoms with Crippen molar-refractivity contribution in [2.75, 3.05) is 18.4 Å². The zero-order valence-corrected chi connectivity index (χ0v) is 12.6. The number of aromatic nitrogens is 3. The third kappa shape index (κ3) is 3.99. The molecule has 1 fully saturated rings. The van der Waals surface area contributed by atoms with Gasteiger partial charge in [-0.3, -0.25) is 4.90 Å². The van der Waals surface area contributed by atoms with Crippen LogP contribution < -0.4 is 5.32 Å². The summed E-state index contributed by atoms with van der Waals surface area (Å²) in [5.74, 6) is 0.689. The van der Waals surface area contributed by atoms with Crippen LogP contribution in [0.15, 0.2) is 37.1 Å². The van der Waals surface area contributed by atoms with E-state index >= 15 is 0 Å². The van der Waals surface area contributed by atoms with Crippen molar-refractivity contribution in [1.82, 2.24) is 19.9 Å². The predicted molar refractivity (Wildman–Crippen MR) is 83.2 cm³/mol. The molecule has 1 aliphatic rings. The van der Waals surface area contributed by atoms with Crippen molar-refractivity contribution >= 4 is 5.82 Å². The number of nitriles is 1. The Morgan fingerprint density at radius 3 is 2.83 bits per heavy atom. The lowest BCUT2D eigenvalue weighted by molar-refractivity contribution is 0.241. The Morgan fingerprint density at radius 1 is 1.30 bits per heavy atom. The number of anilines is 1. The van der Waals surface area contributed by atoms with Gasteiger partial charge in [0.1, 0.15) is 24.4 Å². The van der Waals surface area contributed by atoms with E-state index in [2.05, 4.69) is 25.2 Å².